The summed E-state index contributed by atoms with van der Waals surface area (Å²) in [7, 11) is 1.61. The summed E-state index contributed by atoms with van der Waals surface area (Å²) in [5.74, 6) is 0.973. The molecule has 14 heavy (non-hydrogen) atoms. The van der Waals surface area contributed by atoms with E-state index in [2.05, 4.69) is 4.98 Å². The summed E-state index contributed by atoms with van der Waals surface area (Å²) in [6, 6.07) is 5.17. The molecule has 0 amide bonds. The van der Waals surface area contributed by atoms with E-state index in [1.807, 2.05) is 13.0 Å². The summed E-state index contributed by atoms with van der Waals surface area (Å²) in [5.41, 5.74) is 0.886. The average Bonchev–Trinajstić information content (AvgIpc) is 2.19. The summed E-state index contributed by atoms with van der Waals surface area (Å²) in [6.45, 7) is 1.90. The van der Waals surface area contributed by atoms with Gasteiger partial charge in [-0.2, -0.15) is 0 Å². The van der Waals surface area contributed by atoms with Crippen molar-refractivity contribution in [2.24, 2.45) is 0 Å². The lowest BCUT2D eigenvalue weighted by Crippen LogP contribution is -1.89. The molecule has 0 saturated heterocycles. The number of benzene rings is 1. The first kappa shape index (κ1) is 8.81. The molecule has 2 aromatic rings. The smallest absolute Gasteiger partial charge is 0.144 e. The maximum absolute atomic E-state index is 9.35. The number of fused-ring (bicyclic) bond motifs is 1. The number of nitrogens with zero attached hydrogens (tertiary/aromatic N) is 1. The first-order valence-electron chi connectivity index (χ1n) is 4.34. The highest BCUT2D eigenvalue weighted by Gasteiger charge is 2.05. The van der Waals surface area contributed by atoms with Crippen LogP contribution in [0.25, 0.3) is 10.8 Å². The monoisotopic (exact) mass is 189 g/mol. The van der Waals surface area contributed by atoms with Gasteiger partial charge in [0.05, 0.1) is 13.3 Å². The van der Waals surface area contributed by atoms with Crippen molar-refractivity contribution >= 4 is 10.8 Å². The first-order valence-corrected chi connectivity index (χ1v) is 4.34. The summed E-state index contributed by atoms with van der Waals surface area (Å²) >= 11 is 0. The Morgan fingerprint density at radius 2 is 2.07 bits per heavy atom. The number of phenolic OH excluding ortho intramolecular Hbond substituents is 1. The van der Waals surface area contributed by atoms with Crippen LogP contribution in [0.15, 0.2) is 24.4 Å². The molecule has 1 aromatic carbocycles. The molecule has 2 rings (SSSR count). The molecule has 3 nitrogen and oxygen atoms in total. The lowest BCUT2D eigenvalue weighted by atomic mass is 10.1. The van der Waals surface area contributed by atoms with Gasteiger partial charge in [0.15, 0.2) is 0 Å². The van der Waals surface area contributed by atoms with Crippen LogP contribution in [0.3, 0.4) is 0 Å². The molecular formula is C11H11NO2. The Bertz CT molecular complexity index is 480. The molecule has 0 atom stereocenters. The van der Waals surface area contributed by atoms with Crippen molar-refractivity contribution in [3.05, 3.63) is 30.1 Å². The molecule has 0 fully saturated rings. The third-order valence-electron chi connectivity index (χ3n) is 2.25. The largest absolute Gasteiger partial charge is 0.508 e. The maximum Gasteiger partial charge on any atom is 0.144 e. The quantitative estimate of drug-likeness (QED) is 0.748. The summed E-state index contributed by atoms with van der Waals surface area (Å²) in [4.78, 5) is 4.18. The Labute approximate surface area is 82.0 Å². The molecule has 0 radical (unpaired) electrons. The van der Waals surface area contributed by atoms with Crippen molar-refractivity contribution in [2.75, 3.05) is 7.11 Å². The molecule has 3 heteroatoms. The number of hydrogen-bond acceptors (Lipinski definition) is 3. The molecule has 0 bridgehead atoms. The fraction of sp³-hybridized carbons (Fsp3) is 0.182. The van der Waals surface area contributed by atoms with Crippen molar-refractivity contribution in [3.8, 4) is 11.5 Å². The zero-order valence-corrected chi connectivity index (χ0v) is 8.11. The van der Waals surface area contributed by atoms with Gasteiger partial charge in [0.1, 0.15) is 11.5 Å². The van der Waals surface area contributed by atoms with E-state index >= 15 is 0 Å². The van der Waals surface area contributed by atoms with Gasteiger partial charge in [0.2, 0.25) is 0 Å². The molecule has 1 N–H and O–H groups in total. The second-order valence-electron chi connectivity index (χ2n) is 3.14. The predicted octanol–water partition coefficient (Wildman–Crippen LogP) is 2.26. The number of pyridine rings is 1. The minimum Gasteiger partial charge on any atom is -0.508 e. The lowest BCUT2D eigenvalue weighted by Gasteiger charge is -2.06. The minimum atomic E-state index is 0.246. The Kier molecular flexibility index (Phi) is 2.00. The van der Waals surface area contributed by atoms with Crippen molar-refractivity contribution < 1.29 is 9.84 Å². The van der Waals surface area contributed by atoms with Crippen molar-refractivity contribution in [2.45, 2.75) is 6.92 Å². The fourth-order valence-electron chi connectivity index (χ4n) is 1.50. The number of hydrogen-bond donors (Lipinski definition) is 1. The van der Waals surface area contributed by atoms with Gasteiger partial charge in [-0.15, -0.1) is 0 Å². The molecule has 1 aromatic heterocycles. The van der Waals surface area contributed by atoms with E-state index in [-0.39, 0.29) is 5.75 Å². The summed E-state index contributed by atoms with van der Waals surface area (Å²) in [5, 5.41) is 11.2. The topological polar surface area (TPSA) is 42.4 Å². The van der Waals surface area contributed by atoms with Gasteiger partial charge in [-0.25, -0.2) is 0 Å². The third-order valence-corrected chi connectivity index (χ3v) is 2.25. The van der Waals surface area contributed by atoms with Crippen LogP contribution >= 0.6 is 0 Å². The Hall–Kier alpha value is -1.77. The maximum atomic E-state index is 9.35. The molecule has 1 heterocycles. The predicted molar refractivity (Wildman–Crippen MR) is 54.7 cm³/mol. The van der Waals surface area contributed by atoms with Gasteiger partial charge >= 0.3 is 0 Å². The second-order valence-corrected chi connectivity index (χ2v) is 3.14. The average molecular weight is 189 g/mol. The molecule has 0 aliphatic rings. The number of methoxy groups -OCH3 is 1. The Morgan fingerprint density at radius 1 is 1.29 bits per heavy atom. The number of aromatic nitrogens is 1. The van der Waals surface area contributed by atoms with Crippen LogP contribution in [-0.4, -0.2) is 17.2 Å². The number of ether oxygens (including phenoxy) is 1. The van der Waals surface area contributed by atoms with Gasteiger partial charge in [-0.05, 0) is 25.1 Å². The molecular weight excluding hydrogens is 178 g/mol. The van der Waals surface area contributed by atoms with Gasteiger partial charge in [-0.1, -0.05) is 0 Å². The van der Waals surface area contributed by atoms with Crippen LogP contribution in [-0.2, 0) is 0 Å². The van der Waals surface area contributed by atoms with E-state index in [9.17, 15) is 5.11 Å². The van der Waals surface area contributed by atoms with Crippen molar-refractivity contribution in [1.82, 2.24) is 4.98 Å². The molecule has 72 valence electrons. The van der Waals surface area contributed by atoms with E-state index in [0.29, 0.717) is 0 Å². The van der Waals surface area contributed by atoms with Crippen LogP contribution in [0, 0.1) is 6.92 Å². The van der Waals surface area contributed by atoms with Crippen molar-refractivity contribution in [3.63, 3.8) is 0 Å². The molecule has 0 aliphatic heterocycles. The summed E-state index contributed by atoms with van der Waals surface area (Å²) in [6.07, 6.45) is 1.69. The Morgan fingerprint density at radius 3 is 2.79 bits per heavy atom. The van der Waals surface area contributed by atoms with E-state index in [4.69, 9.17) is 4.74 Å². The summed E-state index contributed by atoms with van der Waals surface area (Å²) < 4.78 is 5.18. The van der Waals surface area contributed by atoms with Crippen molar-refractivity contribution in [1.29, 1.82) is 0 Å². The van der Waals surface area contributed by atoms with Gasteiger partial charge < -0.3 is 9.84 Å². The van der Waals surface area contributed by atoms with Crippen LogP contribution in [0.2, 0.25) is 0 Å². The lowest BCUT2D eigenvalue weighted by molar-refractivity contribution is 0.418. The van der Waals surface area contributed by atoms with E-state index in [1.165, 1.54) is 0 Å². The van der Waals surface area contributed by atoms with Gasteiger partial charge in [0.25, 0.3) is 0 Å². The first-order chi connectivity index (χ1) is 6.72. The SMILES string of the molecule is COc1cnc(C)c2cc(O)ccc12. The molecule has 0 aliphatic carbocycles. The van der Waals surface area contributed by atoms with E-state index < -0.39 is 0 Å². The van der Waals surface area contributed by atoms with Gasteiger partial charge in [0, 0.05) is 16.5 Å². The van der Waals surface area contributed by atoms with Gasteiger partial charge in [-0.3, -0.25) is 4.98 Å². The zero-order chi connectivity index (χ0) is 10.1. The van der Waals surface area contributed by atoms with E-state index in [0.717, 1.165) is 22.2 Å². The number of rotatable bonds is 1. The fourth-order valence-corrected chi connectivity index (χ4v) is 1.50. The molecule has 0 unspecified atom stereocenters. The highest BCUT2D eigenvalue weighted by molar-refractivity contribution is 5.90. The number of aryl methyl sites for hydroxylation is 1. The zero-order valence-electron chi connectivity index (χ0n) is 8.11. The minimum absolute atomic E-state index is 0.246. The number of aromatic hydroxyl groups is 1. The van der Waals surface area contributed by atoms with Crippen LogP contribution < -0.4 is 4.74 Å². The second kappa shape index (κ2) is 3.18. The van der Waals surface area contributed by atoms with Crippen LogP contribution in [0.4, 0.5) is 0 Å². The highest BCUT2D eigenvalue weighted by Crippen LogP contribution is 2.28. The van der Waals surface area contributed by atoms with Crippen LogP contribution in [0.5, 0.6) is 11.5 Å². The molecule has 0 spiro atoms. The highest BCUT2D eigenvalue weighted by atomic mass is 16.5. The molecule has 0 saturated carbocycles. The third kappa shape index (κ3) is 1.27. The van der Waals surface area contributed by atoms with Crippen LogP contribution in [0.1, 0.15) is 5.69 Å². The normalized spacial score (nSPS) is 10.4. The number of phenols is 1. The van der Waals surface area contributed by atoms with E-state index in [1.54, 1.807) is 25.4 Å². The Balaban J connectivity index is 2.84. The standard InChI is InChI=1S/C11H11NO2/c1-7-10-5-8(13)3-4-9(10)11(14-2)6-12-7/h3-6,13H,1-2H3.